The maximum Gasteiger partial charge on any atom is 0.261 e. The fraction of sp³-hybridized carbons (Fsp3) is 0.250. The van der Waals surface area contributed by atoms with Crippen LogP contribution in [0.1, 0.15) is 34.6 Å². The zero-order chi connectivity index (χ0) is 14.3. The van der Waals surface area contributed by atoms with Gasteiger partial charge in [0.05, 0.1) is 6.61 Å². The molecule has 0 bridgehead atoms. The Hall–Kier alpha value is -2.36. The summed E-state index contributed by atoms with van der Waals surface area (Å²) < 4.78 is 5.59. The van der Waals surface area contributed by atoms with Crippen molar-refractivity contribution in [1.29, 1.82) is 0 Å². The number of carbonyl (C=O) groups is 2. The van der Waals surface area contributed by atoms with E-state index in [1.54, 1.807) is 25.1 Å². The molecule has 0 atom stereocenters. The average Bonchev–Trinajstić information content (AvgIpc) is 2.46. The van der Waals surface area contributed by atoms with Gasteiger partial charge in [-0.1, -0.05) is 12.1 Å². The molecule has 0 fully saturated rings. The van der Waals surface area contributed by atoms with Gasteiger partial charge in [-0.25, -0.2) is 0 Å². The van der Waals surface area contributed by atoms with E-state index in [1.807, 2.05) is 19.1 Å². The zero-order valence-corrected chi connectivity index (χ0v) is 11.5. The van der Waals surface area contributed by atoms with Crippen molar-refractivity contribution in [2.24, 2.45) is 0 Å². The molecule has 4 nitrogen and oxygen atoms in total. The van der Waals surface area contributed by atoms with Gasteiger partial charge in [-0.05, 0) is 32.0 Å². The van der Waals surface area contributed by atoms with Crippen LogP contribution in [-0.2, 0) is 0 Å². The number of carbonyl (C=O) groups excluding carboxylic acids is 2. The summed E-state index contributed by atoms with van der Waals surface area (Å²) in [6, 6.07) is 9.01. The lowest BCUT2D eigenvalue weighted by Crippen LogP contribution is -2.40. The Morgan fingerprint density at radius 3 is 2.35 bits per heavy atom. The molecule has 2 aromatic rings. The minimum atomic E-state index is -0.232. The van der Waals surface area contributed by atoms with Crippen LogP contribution in [-0.4, -0.2) is 29.9 Å². The molecule has 3 rings (SSSR count). The number of rotatable bonds is 3. The van der Waals surface area contributed by atoms with Gasteiger partial charge in [-0.15, -0.1) is 0 Å². The van der Waals surface area contributed by atoms with Gasteiger partial charge in [0.15, 0.2) is 0 Å². The highest BCUT2D eigenvalue weighted by Crippen LogP contribution is 2.35. The molecule has 1 aliphatic rings. The molecule has 102 valence electrons. The van der Waals surface area contributed by atoms with Crippen molar-refractivity contribution in [3.8, 4) is 5.75 Å². The van der Waals surface area contributed by atoms with Crippen LogP contribution in [0.4, 0.5) is 0 Å². The Morgan fingerprint density at radius 2 is 1.70 bits per heavy atom. The fourth-order valence-corrected chi connectivity index (χ4v) is 2.69. The van der Waals surface area contributed by atoms with Crippen molar-refractivity contribution >= 4 is 22.6 Å². The second kappa shape index (κ2) is 4.63. The molecule has 0 saturated carbocycles. The molecule has 0 radical (unpaired) electrons. The van der Waals surface area contributed by atoms with Gasteiger partial charge in [-0.3, -0.25) is 14.5 Å². The van der Waals surface area contributed by atoms with Crippen LogP contribution in [0.15, 0.2) is 30.3 Å². The van der Waals surface area contributed by atoms with E-state index in [9.17, 15) is 9.59 Å². The second-order valence-electron chi connectivity index (χ2n) is 4.63. The zero-order valence-electron chi connectivity index (χ0n) is 11.5. The first-order chi connectivity index (χ1) is 9.69. The van der Waals surface area contributed by atoms with E-state index in [-0.39, 0.29) is 11.8 Å². The molecule has 0 spiro atoms. The maximum absolute atomic E-state index is 12.4. The molecule has 0 saturated heterocycles. The number of nitrogens with zero attached hydrogens (tertiary/aromatic N) is 1. The minimum absolute atomic E-state index is 0.232. The van der Waals surface area contributed by atoms with E-state index in [1.165, 1.54) is 4.90 Å². The lowest BCUT2D eigenvalue weighted by atomic mass is 9.93. The number of benzene rings is 2. The number of ether oxygens (including phenoxy) is 1. The largest absolute Gasteiger partial charge is 0.493 e. The van der Waals surface area contributed by atoms with Gasteiger partial charge >= 0.3 is 0 Å². The van der Waals surface area contributed by atoms with E-state index < -0.39 is 0 Å². The Kier molecular flexibility index (Phi) is 2.93. The maximum atomic E-state index is 12.4. The van der Waals surface area contributed by atoms with Crippen LogP contribution in [0.2, 0.25) is 0 Å². The van der Waals surface area contributed by atoms with Gasteiger partial charge in [0.1, 0.15) is 5.75 Å². The molecule has 0 N–H and O–H groups in total. The van der Waals surface area contributed by atoms with E-state index in [0.29, 0.717) is 35.4 Å². The SMILES string of the molecule is CCOc1ccc2c3c(cccc13)C(=O)N(CC)C2=O. The smallest absolute Gasteiger partial charge is 0.261 e. The van der Waals surface area contributed by atoms with Crippen LogP contribution in [0, 0.1) is 0 Å². The first-order valence-electron chi connectivity index (χ1n) is 6.73. The van der Waals surface area contributed by atoms with E-state index in [2.05, 4.69) is 0 Å². The van der Waals surface area contributed by atoms with Crippen molar-refractivity contribution < 1.29 is 14.3 Å². The summed E-state index contributed by atoms with van der Waals surface area (Å²) in [5.74, 6) is 0.243. The third kappa shape index (κ3) is 1.61. The van der Waals surface area contributed by atoms with Gasteiger partial charge < -0.3 is 4.74 Å². The summed E-state index contributed by atoms with van der Waals surface area (Å²) in [6.07, 6.45) is 0. The molecule has 2 amide bonds. The highest BCUT2D eigenvalue weighted by Gasteiger charge is 2.32. The Morgan fingerprint density at radius 1 is 1.00 bits per heavy atom. The Labute approximate surface area is 116 Å². The summed E-state index contributed by atoms with van der Waals surface area (Å²) in [7, 11) is 0. The van der Waals surface area contributed by atoms with Gasteiger partial charge in [0.25, 0.3) is 11.8 Å². The lowest BCUT2D eigenvalue weighted by molar-refractivity contribution is 0.0619. The second-order valence-corrected chi connectivity index (χ2v) is 4.63. The highest BCUT2D eigenvalue weighted by atomic mass is 16.5. The molecule has 2 aromatic carbocycles. The summed E-state index contributed by atoms with van der Waals surface area (Å²) in [4.78, 5) is 26.0. The molecule has 0 aromatic heterocycles. The predicted octanol–water partition coefficient (Wildman–Crippen LogP) is 2.85. The van der Waals surface area contributed by atoms with Gasteiger partial charge in [0, 0.05) is 28.4 Å². The van der Waals surface area contributed by atoms with Crippen LogP contribution < -0.4 is 4.74 Å². The first-order valence-corrected chi connectivity index (χ1v) is 6.73. The van der Waals surface area contributed by atoms with Crippen LogP contribution in [0.25, 0.3) is 10.8 Å². The lowest BCUT2D eigenvalue weighted by Gasteiger charge is -2.26. The normalized spacial score (nSPS) is 14.0. The Balaban J connectivity index is 2.35. The van der Waals surface area contributed by atoms with Gasteiger partial charge in [-0.2, -0.15) is 0 Å². The van der Waals surface area contributed by atoms with Crippen LogP contribution in [0.5, 0.6) is 5.75 Å². The monoisotopic (exact) mass is 269 g/mol. The molecule has 0 unspecified atom stereocenters. The quantitative estimate of drug-likeness (QED) is 0.805. The third-order valence-corrected chi connectivity index (χ3v) is 3.57. The minimum Gasteiger partial charge on any atom is -0.493 e. The number of imide groups is 1. The van der Waals surface area contributed by atoms with E-state index in [4.69, 9.17) is 4.74 Å². The van der Waals surface area contributed by atoms with Crippen molar-refractivity contribution in [2.45, 2.75) is 13.8 Å². The van der Waals surface area contributed by atoms with Crippen molar-refractivity contribution in [3.63, 3.8) is 0 Å². The molecule has 1 aliphatic heterocycles. The van der Waals surface area contributed by atoms with E-state index in [0.717, 1.165) is 5.39 Å². The molecular formula is C16H15NO3. The average molecular weight is 269 g/mol. The van der Waals surface area contributed by atoms with E-state index >= 15 is 0 Å². The summed E-state index contributed by atoms with van der Waals surface area (Å²) in [6.45, 7) is 4.63. The molecular weight excluding hydrogens is 254 g/mol. The summed E-state index contributed by atoms with van der Waals surface area (Å²) in [5, 5.41) is 1.53. The number of hydrogen-bond donors (Lipinski definition) is 0. The summed E-state index contributed by atoms with van der Waals surface area (Å²) in [5.41, 5.74) is 1.14. The van der Waals surface area contributed by atoms with Crippen molar-refractivity contribution in [3.05, 3.63) is 41.5 Å². The van der Waals surface area contributed by atoms with Crippen LogP contribution in [0.3, 0.4) is 0 Å². The fourth-order valence-electron chi connectivity index (χ4n) is 2.69. The predicted molar refractivity (Wildman–Crippen MR) is 76.2 cm³/mol. The summed E-state index contributed by atoms with van der Waals surface area (Å²) >= 11 is 0. The first kappa shape index (κ1) is 12.7. The standard InChI is InChI=1S/C16H15NO3/c1-3-17-15(18)11-7-5-6-10-13(20-4-2)9-8-12(14(10)11)16(17)19/h5-9H,3-4H2,1-2H3. The topological polar surface area (TPSA) is 46.6 Å². The third-order valence-electron chi connectivity index (χ3n) is 3.57. The number of amides is 2. The molecule has 4 heteroatoms. The molecule has 0 aliphatic carbocycles. The van der Waals surface area contributed by atoms with Crippen molar-refractivity contribution in [2.75, 3.05) is 13.2 Å². The molecule has 20 heavy (non-hydrogen) atoms. The van der Waals surface area contributed by atoms with Crippen molar-refractivity contribution in [1.82, 2.24) is 4.90 Å². The Bertz CT molecular complexity index is 699. The van der Waals surface area contributed by atoms with Crippen LogP contribution >= 0.6 is 0 Å². The van der Waals surface area contributed by atoms with Gasteiger partial charge in [0.2, 0.25) is 0 Å². The number of hydrogen-bond acceptors (Lipinski definition) is 3. The highest BCUT2D eigenvalue weighted by molar-refractivity contribution is 6.26. The molecule has 1 heterocycles.